The Morgan fingerprint density at radius 3 is 2.04 bits per heavy atom. The lowest BCUT2D eigenvalue weighted by atomic mass is 9.74. The van der Waals surface area contributed by atoms with Gasteiger partial charge in [-0.05, 0) is 45.3 Å². The predicted octanol–water partition coefficient (Wildman–Crippen LogP) is 3.68. The van der Waals surface area contributed by atoms with Crippen molar-refractivity contribution in [3.05, 3.63) is 0 Å². The summed E-state index contributed by atoms with van der Waals surface area (Å²) >= 11 is 1.55. The molecule has 132 valence electrons. The van der Waals surface area contributed by atoms with E-state index in [9.17, 15) is 14.4 Å². The third kappa shape index (κ3) is 5.07. The number of nitrogens with zero attached hydrogens (tertiary/aromatic N) is 1. The molecule has 1 saturated heterocycles. The van der Waals surface area contributed by atoms with Crippen LogP contribution in [0.5, 0.6) is 0 Å². The zero-order valence-electron chi connectivity index (χ0n) is 15.8. The second kappa shape index (κ2) is 6.58. The van der Waals surface area contributed by atoms with Crippen molar-refractivity contribution in [2.24, 2.45) is 10.8 Å². The highest BCUT2D eigenvalue weighted by molar-refractivity contribution is 8.00. The van der Waals surface area contributed by atoms with Crippen LogP contribution in [-0.4, -0.2) is 39.0 Å². The van der Waals surface area contributed by atoms with Gasteiger partial charge in [0.05, 0.1) is 5.25 Å². The number of amides is 2. The summed E-state index contributed by atoms with van der Waals surface area (Å²) in [6, 6.07) is 0. The Morgan fingerprint density at radius 2 is 1.65 bits per heavy atom. The van der Waals surface area contributed by atoms with Crippen LogP contribution >= 0.6 is 11.8 Å². The normalized spacial score (nSPS) is 20.3. The van der Waals surface area contributed by atoms with Gasteiger partial charge in [0.15, 0.2) is 0 Å². The van der Waals surface area contributed by atoms with Gasteiger partial charge in [0.2, 0.25) is 11.8 Å². The van der Waals surface area contributed by atoms with Crippen molar-refractivity contribution in [1.29, 1.82) is 0 Å². The molecule has 0 saturated carbocycles. The summed E-state index contributed by atoms with van der Waals surface area (Å²) in [5.41, 5.74) is -0.898. The third-order valence-corrected chi connectivity index (χ3v) is 6.04. The standard InChI is InChI=1S/C18H31NO3S/c1-12(20)18(7,8)10-17(5,6)11-23-13-9-14(21)19(15(13)22)16(2,3)4/h13H,9-11H2,1-8H3. The van der Waals surface area contributed by atoms with Crippen molar-refractivity contribution in [3.63, 3.8) is 0 Å². The van der Waals surface area contributed by atoms with Crippen LogP contribution in [0.1, 0.15) is 68.2 Å². The van der Waals surface area contributed by atoms with E-state index < -0.39 is 5.54 Å². The molecule has 4 nitrogen and oxygen atoms in total. The van der Waals surface area contributed by atoms with Gasteiger partial charge in [0, 0.05) is 17.4 Å². The van der Waals surface area contributed by atoms with Gasteiger partial charge in [0.25, 0.3) is 0 Å². The quantitative estimate of drug-likeness (QED) is 0.692. The summed E-state index contributed by atoms with van der Waals surface area (Å²) in [5.74, 6) is 0.781. The smallest absolute Gasteiger partial charge is 0.243 e. The first-order valence-electron chi connectivity index (χ1n) is 8.17. The molecule has 1 rings (SSSR count). The van der Waals surface area contributed by atoms with Gasteiger partial charge >= 0.3 is 0 Å². The van der Waals surface area contributed by atoms with Crippen molar-refractivity contribution in [1.82, 2.24) is 4.90 Å². The SMILES string of the molecule is CC(=O)C(C)(C)CC(C)(C)CSC1CC(=O)N(C(C)(C)C)C1=O. The van der Waals surface area contributed by atoms with Crippen LogP contribution in [0.4, 0.5) is 0 Å². The molecule has 1 atom stereocenters. The molecule has 23 heavy (non-hydrogen) atoms. The summed E-state index contributed by atoms with van der Waals surface area (Å²) in [6.45, 7) is 15.4. The van der Waals surface area contributed by atoms with Gasteiger partial charge in [-0.1, -0.05) is 27.7 Å². The zero-order valence-corrected chi connectivity index (χ0v) is 16.6. The van der Waals surface area contributed by atoms with E-state index in [2.05, 4.69) is 13.8 Å². The maximum Gasteiger partial charge on any atom is 0.243 e. The minimum Gasteiger partial charge on any atom is -0.299 e. The highest BCUT2D eigenvalue weighted by atomic mass is 32.2. The molecule has 0 aromatic rings. The van der Waals surface area contributed by atoms with E-state index in [0.717, 1.165) is 12.2 Å². The molecule has 0 spiro atoms. The third-order valence-electron chi connectivity index (χ3n) is 4.32. The number of hydrogen-bond acceptors (Lipinski definition) is 4. The van der Waals surface area contributed by atoms with E-state index in [1.807, 2.05) is 34.6 Å². The van der Waals surface area contributed by atoms with E-state index in [4.69, 9.17) is 0 Å². The highest BCUT2D eigenvalue weighted by Crippen LogP contribution is 2.39. The average molecular weight is 342 g/mol. The minimum atomic E-state index is -0.463. The van der Waals surface area contributed by atoms with Crippen molar-refractivity contribution in [2.75, 3.05) is 5.75 Å². The fourth-order valence-corrected chi connectivity index (χ4v) is 4.40. The molecule has 5 heteroatoms. The maximum absolute atomic E-state index is 12.5. The van der Waals surface area contributed by atoms with E-state index in [1.54, 1.807) is 18.7 Å². The fraction of sp³-hybridized carbons (Fsp3) is 0.833. The minimum absolute atomic E-state index is 0.0711. The molecule has 1 aliphatic rings. The molecule has 1 aliphatic heterocycles. The Balaban J connectivity index is 2.70. The summed E-state index contributed by atoms with van der Waals surface area (Å²) in [4.78, 5) is 37.8. The number of likely N-dealkylation sites (tertiary alicyclic amines) is 1. The monoisotopic (exact) mass is 341 g/mol. The molecule has 0 aliphatic carbocycles. The number of imide groups is 1. The Morgan fingerprint density at radius 1 is 1.13 bits per heavy atom. The maximum atomic E-state index is 12.5. The van der Waals surface area contributed by atoms with E-state index in [1.165, 1.54) is 4.90 Å². The van der Waals surface area contributed by atoms with Crippen LogP contribution in [0.15, 0.2) is 0 Å². The largest absolute Gasteiger partial charge is 0.299 e. The van der Waals surface area contributed by atoms with Gasteiger partial charge in [-0.15, -0.1) is 11.8 Å². The van der Waals surface area contributed by atoms with Gasteiger partial charge in [-0.2, -0.15) is 0 Å². The van der Waals surface area contributed by atoms with E-state index in [-0.39, 0.29) is 40.1 Å². The number of rotatable bonds is 6. The Kier molecular flexibility index (Phi) is 5.78. The zero-order chi connectivity index (χ0) is 18.2. The van der Waals surface area contributed by atoms with Crippen molar-refractivity contribution < 1.29 is 14.4 Å². The summed E-state index contributed by atoms with van der Waals surface area (Å²) in [7, 11) is 0. The molecule has 1 heterocycles. The van der Waals surface area contributed by atoms with E-state index in [0.29, 0.717) is 0 Å². The van der Waals surface area contributed by atoms with Gasteiger partial charge < -0.3 is 0 Å². The summed E-state index contributed by atoms with van der Waals surface area (Å²) in [6.07, 6.45) is 1.05. The lowest BCUT2D eigenvalue weighted by Gasteiger charge is -2.34. The topological polar surface area (TPSA) is 54.5 Å². The number of carbonyl (C=O) groups is 3. The van der Waals surface area contributed by atoms with Crippen LogP contribution in [0, 0.1) is 10.8 Å². The van der Waals surface area contributed by atoms with Crippen LogP contribution < -0.4 is 0 Å². The molecule has 0 bridgehead atoms. The van der Waals surface area contributed by atoms with E-state index >= 15 is 0 Å². The van der Waals surface area contributed by atoms with Crippen LogP contribution in [0.2, 0.25) is 0 Å². The van der Waals surface area contributed by atoms with Crippen LogP contribution in [0.25, 0.3) is 0 Å². The Hall–Kier alpha value is -0.840. The molecule has 0 aromatic heterocycles. The molecule has 1 fully saturated rings. The molecule has 0 radical (unpaired) electrons. The van der Waals surface area contributed by atoms with Crippen LogP contribution in [0.3, 0.4) is 0 Å². The van der Waals surface area contributed by atoms with Crippen molar-refractivity contribution >= 4 is 29.4 Å². The first kappa shape index (κ1) is 20.2. The second-order valence-electron chi connectivity index (χ2n) is 9.02. The molecule has 0 aromatic carbocycles. The molecular formula is C18H31NO3S. The van der Waals surface area contributed by atoms with Crippen LogP contribution in [-0.2, 0) is 14.4 Å². The first-order chi connectivity index (χ1) is 10.2. The number of ketones is 1. The molecule has 0 N–H and O–H groups in total. The summed E-state index contributed by atoms with van der Waals surface area (Å²) in [5, 5.41) is -0.290. The average Bonchev–Trinajstić information content (AvgIpc) is 2.59. The second-order valence-corrected chi connectivity index (χ2v) is 10.2. The summed E-state index contributed by atoms with van der Waals surface area (Å²) < 4.78 is 0. The number of Topliss-reactive ketones (excluding diaryl/α,β-unsaturated/α-hetero) is 1. The lowest BCUT2D eigenvalue weighted by Crippen LogP contribution is -2.46. The number of hydrogen-bond donors (Lipinski definition) is 0. The number of carbonyl (C=O) groups excluding carboxylic acids is 3. The fourth-order valence-electron chi connectivity index (χ4n) is 3.14. The van der Waals surface area contributed by atoms with Gasteiger partial charge in [-0.25, -0.2) is 0 Å². The number of thioether (sulfide) groups is 1. The Bertz CT molecular complexity index is 503. The van der Waals surface area contributed by atoms with Gasteiger partial charge in [-0.3, -0.25) is 19.3 Å². The molecule has 1 unspecified atom stereocenters. The molecular weight excluding hydrogens is 310 g/mol. The van der Waals surface area contributed by atoms with Crippen molar-refractivity contribution in [2.45, 2.75) is 79.0 Å². The van der Waals surface area contributed by atoms with Gasteiger partial charge in [0.1, 0.15) is 5.78 Å². The first-order valence-corrected chi connectivity index (χ1v) is 9.22. The highest BCUT2D eigenvalue weighted by Gasteiger charge is 2.45. The Labute approximate surface area is 144 Å². The predicted molar refractivity (Wildman–Crippen MR) is 95.3 cm³/mol. The molecule has 2 amide bonds. The van der Waals surface area contributed by atoms with Crippen molar-refractivity contribution in [3.8, 4) is 0 Å². The lowest BCUT2D eigenvalue weighted by molar-refractivity contribution is -0.143.